The minimum atomic E-state index is -4.07. The first-order valence-electron chi connectivity index (χ1n) is 6.04. The first kappa shape index (κ1) is 16.8. The summed E-state index contributed by atoms with van der Waals surface area (Å²) in [5.41, 5.74) is 1.27. The topological polar surface area (TPSA) is 117 Å². The van der Waals surface area contributed by atoms with Gasteiger partial charge in [0, 0.05) is 0 Å². The number of nitrogens with zero attached hydrogens (tertiary/aromatic N) is 1. The van der Waals surface area contributed by atoms with Gasteiger partial charge in [0.1, 0.15) is 0 Å². The fourth-order valence-corrected chi connectivity index (χ4v) is 2.13. The second-order valence-corrected chi connectivity index (χ2v) is 5.84. The molecule has 0 bridgehead atoms. The van der Waals surface area contributed by atoms with Crippen molar-refractivity contribution in [3.05, 3.63) is 29.8 Å². The van der Waals surface area contributed by atoms with Crippen molar-refractivity contribution in [2.45, 2.75) is 26.9 Å². The van der Waals surface area contributed by atoms with Crippen molar-refractivity contribution in [2.75, 3.05) is 4.72 Å². The number of benzene rings is 1. The van der Waals surface area contributed by atoms with Crippen LogP contribution in [0, 0.1) is 0 Å². The van der Waals surface area contributed by atoms with Crippen molar-refractivity contribution in [3.8, 4) is 0 Å². The van der Waals surface area contributed by atoms with Crippen molar-refractivity contribution in [1.82, 2.24) is 4.72 Å². The van der Waals surface area contributed by atoms with Gasteiger partial charge in [-0.1, -0.05) is 17.3 Å². The number of rotatable bonds is 5. The Kier molecular flexibility index (Phi) is 5.53. The highest BCUT2D eigenvalue weighted by Gasteiger charge is 2.16. The molecule has 1 aromatic carbocycles. The van der Waals surface area contributed by atoms with Gasteiger partial charge in [0.15, 0.2) is 0 Å². The normalized spacial score (nSPS) is 12.1. The van der Waals surface area contributed by atoms with Gasteiger partial charge in [0.05, 0.1) is 17.5 Å². The molecule has 116 valence electrons. The van der Waals surface area contributed by atoms with Crippen LogP contribution >= 0.6 is 0 Å². The van der Waals surface area contributed by atoms with Crippen molar-refractivity contribution in [1.29, 1.82) is 0 Å². The maximum Gasteiger partial charge on any atom is 0.422 e. The van der Waals surface area contributed by atoms with Crippen LogP contribution in [0.25, 0.3) is 0 Å². The molecule has 0 atom stereocenters. The number of nitrogens with one attached hydrogen (secondary N) is 2. The van der Waals surface area contributed by atoms with E-state index in [9.17, 15) is 13.2 Å². The third-order valence-corrected chi connectivity index (χ3v) is 3.21. The van der Waals surface area contributed by atoms with Crippen molar-refractivity contribution in [3.63, 3.8) is 0 Å². The Balaban J connectivity index is 2.74. The molecule has 3 N–H and O–H groups in total. The van der Waals surface area contributed by atoms with Crippen molar-refractivity contribution in [2.24, 2.45) is 5.16 Å². The summed E-state index contributed by atoms with van der Waals surface area (Å²) in [4.78, 5) is 11.2. The summed E-state index contributed by atoms with van der Waals surface area (Å²) < 4.78 is 31.9. The molecule has 0 aliphatic heterocycles. The summed E-state index contributed by atoms with van der Waals surface area (Å²) in [6.07, 6.45) is -1.49. The standard InChI is InChI=1S/C12H17N3O5S/c1-8(2)20-12(16)15-21(18,19)14-11-6-4-10(5-7-11)9(3)13-17/h4-8,14,17H,1-3H3,(H,15,16)/b13-9+. The van der Waals surface area contributed by atoms with Crippen LogP contribution < -0.4 is 9.44 Å². The lowest BCUT2D eigenvalue weighted by Gasteiger charge is -2.11. The van der Waals surface area contributed by atoms with Crippen LogP contribution in [0.15, 0.2) is 29.4 Å². The molecular weight excluding hydrogens is 298 g/mol. The van der Waals surface area contributed by atoms with E-state index in [-0.39, 0.29) is 5.69 Å². The zero-order chi connectivity index (χ0) is 16.0. The predicted molar refractivity (Wildman–Crippen MR) is 77.7 cm³/mol. The third kappa shape index (κ3) is 5.69. The van der Waals surface area contributed by atoms with Gasteiger partial charge in [-0.25, -0.2) is 9.52 Å². The Morgan fingerprint density at radius 3 is 2.33 bits per heavy atom. The summed E-state index contributed by atoms with van der Waals surface area (Å²) in [5.74, 6) is 0. The van der Waals surface area contributed by atoms with Gasteiger partial charge < -0.3 is 9.94 Å². The Morgan fingerprint density at radius 2 is 1.86 bits per heavy atom. The van der Waals surface area contributed by atoms with Crippen molar-refractivity contribution >= 4 is 27.7 Å². The predicted octanol–water partition coefficient (Wildman–Crippen LogP) is 1.68. The average Bonchev–Trinajstić information content (AvgIpc) is 2.36. The molecule has 0 unspecified atom stereocenters. The van der Waals surface area contributed by atoms with E-state index in [4.69, 9.17) is 5.21 Å². The third-order valence-electron chi connectivity index (χ3n) is 2.27. The summed E-state index contributed by atoms with van der Waals surface area (Å²) in [6.45, 7) is 4.80. The van der Waals surface area contributed by atoms with Crippen LogP contribution in [0.1, 0.15) is 26.3 Å². The first-order valence-corrected chi connectivity index (χ1v) is 7.52. The van der Waals surface area contributed by atoms with Crippen LogP contribution in [0.2, 0.25) is 0 Å². The summed E-state index contributed by atoms with van der Waals surface area (Å²) in [7, 11) is -4.07. The van der Waals surface area contributed by atoms with Gasteiger partial charge in [-0.15, -0.1) is 0 Å². The number of oxime groups is 1. The minimum Gasteiger partial charge on any atom is -0.446 e. The smallest absolute Gasteiger partial charge is 0.422 e. The molecule has 9 heteroatoms. The highest BCUT2D eigenvalue weighted by molar-refractivity contribution is 7.91. The highest BCUT2D eigenvalue weighted by Crippen LogP contribution is 2.11. The Bertz CT molecular complexity index is 623. The fourth-order valence-electron chi connectivity index (χ4n) is 1.37. The molecule has 21 heavy (non-hydrogen) atoms. The van der Waals surface area contributed by atoms with Gasteiger partial charge in [0.2, 0.25) is 0 Å². The lowest BCUT2D eigenvalue weighted by molar-refractivity contribution is 0.121. The molecular formula is C12H17N3O5S. The molecule has 0 spiro atoms. The zero-order valence-electron chi connectivity index (χ0n) is 11.8. The summed E-state index contributed by atoms with van der Waals surface area (Å²) in [5, 5.41) is 11.7. The highest BCUT2D eigenvalue weighted by atomic mass is 32.2. The molecule has 0 aromatic heterocycles. The second-order valence-electron chi connectivity index (χ2n) is 4.42. The van der Waals surface area contributed by atoms with Gasteiger partial charge in [-0.3, -0.25) is 4.72 Å². The van der Waals surface area contributed by atoms with E-state index >= 15 is 0 Å². The van der Waals surface area contributed by atoms with E-state index in [1.54, 1.807) is 37.6 Å². The van der Waals surface area contributed by atoms with E-state index in [2.05, 4.69) is 14.6 Å². The summed E-state index contributed by atoms with van der Waals surface area (Å²) >= 11 is 0. The number of hydrogen-bond donors (Lipinski definition) is 3. The molecule has 0 heterocycles. The number of hydrogen-bond acceptors (Lipinski definition) is 6. The molecule has 1 aromatic rings. The molecule has 8 nitrogen and oxygen atoms in total. The molecule has 1 rings (SSSR count). The second kappa shape index (κ2) is 6.93. The molecule has 1 amide bonds. The van der Waals surface area contributed by atoms with E-state index in [1.807, 2.05) is 0 Å². The van der Waals surface area contributed by atoms with E-state index in [0.717, 1.165) is 0 Å². The molecule has 0 aliphatic carbocycles. The van der Waals surface area contributed by atoms with Crippen LogP contribution in [0.5, 0.6) is 0 Å². The molecule has 0 aliphatic rings. The van der Waals surface area contributed by atoms with Crippen LogP contribution in [-0.4, -0.2) is 31.5 Å². The van der Waals surface area contributed by atoms with Gasteiger partial charge >= 0.3 is 16.3 Å². The molecule has 0 saturated heterocycles. The van der Waals surface area contributed by atoms with Gasteiger partial charge in [-0.2, -0.15) is 8.42 Å². The van der Waals surface area contributed by atoms with Crippen LogP contribution in [-0.2, 0) is 14.9 Å². The monoisotopic (exact) mass is 315 g/mol. The maximum absolute atomic E-state index is 11.7. The maximum atomic E-state index is 11.7. The largest absolute Gasteiger partial charge is 0.446 e. The number of carbonyl (C=O) groups is 1. The minimum absolute atomic E-state index is 0.245. The number of carbonyl (C=O) groups excluding carboxylic acids is 1. The molecule has 0 fully saturated rings. The Labute approximate surface area is 123 Å². The van der Waals surface area contributed by atoms with Gasteiger partial charge in [0.25, 0.3) is 0 Å². The first-order chi connectivity index (χ1) is 9.73. The van der Waals surface area contributed by atoms with Crippen molar-refractivity contribution < 1.29 is 23.2 Å². The van der Waals surface area contributed by atoms with Crippen LogP contribution in [0.3, 0.4) is 0 Å². The Morgan fingerprint density at radius 1 is 1.29 bits per heavy atom. The lowest BCUT2D eigenvalue weighted by atomic mass is 10.1. The SMILES string of the molecule is C/C(=N\O)c1ccc(NS(=O)(=O)NC(=O)OC(C)C)cc1. The van der Waals surface area contributed by atoms with E-state index < -0.39 is 22.4 Å². The van der Waals surface area contributed by atoms with Gasteiger partial charge in [-0.05, 0) is 38.5 Å². The average molecular weight is 315 g/mol. The van der Waals surface area contributed by atoms with E-state index in [1.165, 1.54) is 12.1 Å². The van der Waals surface area contributed by atoms with Crippen LogP contribution in [0.4, 0.5) is 10.5 Å². The quantitative estimate of drug-likeness (QED) is 0.434. The van der Waals surface area contributed by atoms with E-state index in [0.29, 0.717) is 11.3 Å². The molecule has 0 radical (unpaired) electrons. The number of amides is 1. The lowest BCUT2D eigenvalue weighted by Crippen LogP contribution is -2.36. The number of ether oxygens (including phenoxy) is 1. The number of anilines is 1. The molecule has 0 saturated carbocycles. The fraction of sp³-hybridized carbons (Fsp3) is 0.333. The Hall–Kier alpha value is -2.29. The zero-order valence-corrected chi connectivity index (χ0v) is 12.6. The summed E-state index contributed by atoms with van der Waals surface area (Å²) in [6, 6.07) is 6.08.